The second-order valence-corrected chi connectivity index (χ2v) is 4.42. The zero-order valence-electron chi connectivity index (χ0n) is 9.37. The molecule has 0 aliphatic carbocycles. The molecule has 84 valence electrons. The van der Waals surface area contributed by atoms with Crippen molar-refractivity contribution in [1.82, 2.24) is 9.97 Å². The van der Waals surface area contributed by atoms with Crippen LogP contribution in [-0.4, -0.2) is 9.97 Å². The molecule has 0 fully saturated rings. The Labute approximate surface area is 93.5 Å². The Morgan fingerprint density at radius 3 is 2.50 bits per heavy atom. The number of nitrogens with one attached hydrogen (secondary N) is 2. The highest BCUT2D eigenvalue weighted by atomic mass is 16.1. The molecule has 4 heteroatoms. The van der Waals surface area contributed by atoms with Crippen LogP contribution in [0.1, 0.15) is 19.4 Å². The third-order valence-electron chi connectivity index (χ3n) is 2.51. The third kappa shape index (κ3) is 1.92. The van der Waals surface area contributed by atoms with Crippen LogP contribution in [0.3, 0.4) is 0 Å². The minimum absolute atomic E-state index is 0.209. The summed E-state index contributed by atoms with van der Waals surface area (Å²) in [5.41, 5.74) is 8.17. The van der Waals surface area contributed by atoms with Crippen molar-refractivity contribution >= 4 is 0 Å². The summed E-state index contributed by atoms with van der Waals surface area (Å²) in [5, 5.41) is 0. The number of nitrogens with two attached hydrogens (primary N) is 1. The van der Waals surface area contributed by atoms with Crippen LogP contribution >= 0.6 is 0 Å². The molecule has 2 rings (SSSR count). The van der Waals surface area contributed by atoms with E-state index >= 15 is 0 Å². The topological polar surface area (TPSA) is 74.7 Å². The fraction of sp³-hybridized carbons (Fsp3) is 0.250. The van der Waals surface area contributed by atoms with Gasteiger partial charge in [-0.25, -0.2) is 4.79 Å². The summed E-state index contributed by atoms with van der Waals surface area (Å²) in [4.78, 5) is 16.4. The first kappa shape index (κ1) is 10.7. The minimum Gasteiger partial charge on any atom is -0.322 e. The van der Waals surface area contributed by atoms with E-state index in [0.717, 1.165) is 16.8 Å². The Kier molecular flexibility index (Phi) is 2.44. The van der Waals surface area contributed by atoms with Crippen LogP contribution in [0.5, 0.6) is 0 Å². The van der Waals surface area contributed by atoms with E-state index in [-0.39, 0.29) is 5.69 Å². The van der Waals surface area contributed by atoms with Crippen molar-refractivity contribution in [3.63, 3.8) is 0 Å². The molecular formula is C12H15N3O. The number of aromatic nitrogens is 2. The largest absolute Gasteiger partial charge is 0.323 e. The lowest BCUT2D eigenvalue weighted by Crippen LogP contribution is -2.29. The van der Waals surface area contributed by atoms with Crippen molar-refractivity contribution in [1.29, 1.82) is 0 Å². The first-order valence-corrected chi connectivity index (χ1v) is 5.15. The lowest BCUT2D eigenvalue weighted by atomic mass is 9.90. The molecule has 0 radical (unpaired) electrons. The molecule has 1 aromatic carbocycles. The zero-order valence-corrected chi connectivity index (χ0v) is 9.37. The highest BCUT2D eigenvalue weighted by molar-refractivity contribution is 5.64. The average Bonchev–Trinajstić information content (AvgIpc) is 2.64. The molecule has 0 bridgehead atoms. The molecule has 0 amide bonds. The van der Waals surface area contributed by atoms with E-state index in [1.54, 1.807) is 6.20 Å². The van der Waals surface area contributed by atoms with Crippen LogP contribution in [-0.2, 0) is 5.54 Å². The Morgan fingerprint density at radius 1 is 1.25 bits per heavy atom. The van der Waals surface area contributed by atoms with Gasteiger partial charge in [0.05, 0.1) is 5.69 Å². The first-order chi connectivity index (χ1) is 7.48. The van der Waals surface area contributed by atoms with E-state index in [4.69, 9.17) is 5.73 Å². The van der Waals surface area contributed by atoms with Crippen molar-refractivity contribution in [2.24, 2.45) is 5.73 Å². The summed E-state index contributed by atoms with van der Waals surface area (Å²) < 4.78 is 0. The maximum Gasteiger partial charge on any atom is 0.323 e. The highest BCUT2D eigenvalue weighted by Crippen LogP contribution is 2.27. The van der Waals surface area contributed by atoms with Crippen molar-refractivity contribution in [3.8, 4) is 11.3 Å². The number of imidazole rings is 1. The fourth-order valence-corrected chi connectivity index (χ4v) is 1.76. The second-order valence-electron chi connectivity index (χ2n) is 4.42. The molecule has 0 aliphatic rings. The Balaban J connectivity index is 2.61. The van der Waals surface area contributed by atoms with E-state index in [1.165, 1.54) is 0 Å². The normalized spacial score (nSPS) is 11.7. The van der Waals surface area contributed by atoms with Crippen LogP contribution < -0.4 is 11.4 Å². The first-order valence-electron chi connectivity index (χ1n) is 5.15. The number of rotatable bonds is 2. The van der Waals surface area contributed by atoms with E-state index in [9.17, 15) is 4.79 Å². The standard InChI is InChI=1S/C12H15N3O/c1-12(2,13)9-6-4-3-5-8(9)10-7-14-11(16)15-10/h3-7H,13H2,1-2H3,(H2,14,15,16). The van der Waals surface area contributed by atoms with Crippen LogP contribution in [0.4, 0.5) is 0 Å². The van der Waals surface area contributed by atoms with Crippen LogP contribution in [0.25, 0.3) is 11.3 Å². The predicted octanol–water partition coefficient (Wildman–Crippen LogP) is 1.56. The molecule has 0 aliphatic heterocycles. The van der Waals surface area contributed by atoms with Gasteiger partial charge in [0.1, 0.15) is 0 Å². The third-order valence-corrected chi connectivity index (χ3v) is 2.51. The molecule has 0 atom stereocenters. The fourth-order valence-electron chi connectivity index (χ4n) is 1.76. The molecule has 0 unspecified atom stereocenters. The maximum atomic E-state index is 11.1. The van der Waals surface area contributed by atoms with E-state index < -0.39 is 5.54 Å². The summed E-state index contributed by atoms with van der Waals surface area (Å²) in [6, 6.07) is 7.79. The highest BCUT2D eigenvalue weighted by Gasteiger charge is 2.19. The maximum absolute atomic E-state index is 11.1. The van der Waals surface area contributed by atoms with Gasteiger partial charge >= 0.3 is 5.69 Å². The summed E-state index contributed by atoms with van der Waals surface area (Å²) in [6.45, 7) is 3.88. The molecule has 1 aromatic heterocycles. The number of hydrogen-bond donors (Lipinski definition) is 3. The van der Waals surface area contributed by atoms with Gasteiger partial charge in [-0.3, -0.25) is 0 Å². The number of H-pyrrole nitrogens is 2. The lowest BCUT2D eigenvalue weighted by molar-refractivity contribution is 0.556. The molecule has 0 spiro atoms. The zero-order chi connectivity index (χ0) is 11.8. The second kappa shape index (κ2) is 3.64. The van der Waals surface area contributed by atoms with Gasteiger partial charge in [-0.1, -0.05) is 24.3 Å². The van der Waals surface area contributed by atoms with Gasteiger partial charge in [-0.15, -0.1) is 0 Å². The summed E-state index contributed by atoms with van der Waals surface area (Å²) in [7, 11) is 0. The van der Waals surface area contributed by atoms with Crippen LogP contribution in [0.15, 0.2) is 35.3 Å². The van der Waals surface area contributed by atoms with E-state index in [2.05, 4.69) is 9.97 Å². The van der Waals surface area contributed by atoms with Gasteiger partial charge in [0.15, 0.2) is 0 Å². The van der Waals surface area contributed by atoms with Gasteiger partial charge in [0.25, 0.3) is 0 Å². The summed E-state index contributed by atoms with van der Waals surface area (Å²) >= 11 is 0. The van der Waals surface area contributed by atoms with Crippen molar-refractivity contribution in [2.75, 3.05) is 0 Å². The quantitative estimate of drug-likeness (QED) is 0.714. The van der Waals surface area contributed by atoms with Gasteiger partial charge < -0.3 is 15.7 Å². The van der Waals surface area contributed by atoms with Gasteiger partial charge in [0.2, 0.25) is 0 Å². The lowest BCUT2D eigenvalue weighted by Gasteiger charge is -2.22. The minimum atomic E-state index is -0.440. The van der Waals surface area contributed by atoms with Crippen LogP contribution in [0, 0.1) is 0 Å². The Morgan fingerprint density at radius 2 is 1.94 bits per heavy atom. The summed E-state index contributed by atoms with van der Waals surface area (Å²) in [5.74, 6) is 0. The molecular weight excluding hydrogens is 202 g/mol. The van der Waals surface area contributed by atoms with Gasteiger partial charge in [-0.2, -0.15) is 0 Å². The van der Waals surface area contributed by atoms with Gasteiger partial charge in [-0.05, 0) is 19.4 Å². The van der Waals surface area contributed by atoms with Crippen molar-refractivity contribution in [3.05, 3.63) is 46.5 Å². The Bertz CT molecular complexity index is 546. The number of benzene rings is 1. The van der Waals surface area contributed by atoms with E-state index in [0.29, 0.717) is 0 Å². The molecule has 0 saturated heterocycles. The van der Waals surface area contributed by atoms with Crippen molar-refractivity contribution in [2.45, 2.75) is 19.4 Å². The Hall–Kier alpha value is -1.81. The molecule has 0 saturated carbocycles. The number of aromatic amines is 2. The smallest absolute Gasteiger partial charge is 0.322 e. The summed E-state index contributed by atoms with van der Waals surface area (Å²) in [6.07, 6.45) is 1.66. The molecule has 16 heavy (non-hydrogen) atoms. The predicted molar refractivity (Wildman–Crippen MR) is 64.1 cm³/mol. The number of hydrogen-bond acceptors (Lipinski definition) is 2. The average molecular weight is 217 g/mol. The SMILES string of the molecule is CC(C)(N)c1ccccc1-c1c[nH]c(=O)[nH]1. The van der Waals surface area contributed by atoms with E-state index in [1.807, 2.05) is 38.1 Å². The molecule has 4 nitrogen and oxygen atoms in total. The molecule has 2 aromatic rings. The van der Waals surface area contributed by atoms with Crippen molar-refractivity contribution < 1.29 is 0 Å². The van der Waals surface area contributed by atoms with Gasteiger partial charge in [0, 0.05) is 17.3 Å². The van der Waals surface area contributed by atoms with Crippen LogP contribution in [0.2, 0.25) is 0 Å². The molecule has 4 N–H and O–H groups in total. The molecule has 1 heterocycles. The monoisotopic (exact) mass is 217 g/mol.